The molecule has 0 bridgehead atoms. The molecule has 2 unspecified atom stereocenters. The van der Waals surface area contributed by atoms with Crippen LogP contribution in [-0.2, 0) is 4.79 Å². The van der Waals surface area contributed by atoms with Crippen molar-refractivity contribution < 1.29 is 9.90 Å². The van der Waals surface area contributed by atoms with Gasteiger partial charge < -0.3 is 5.11 Å². The van der Waals surface area contributed by atoms with Gasteiger partial charge in [-0.15, -0.1) is 0 Å². The molecule has 1 rings (SSSR count). The van der Waals surface area contributed by atoms with Crippen LogP contribution in [0.25, 0.3) is 0 Å². The average Bonchev–Trinajstić information content (AvgIpc) is 2.36. The molecule has 1 fully saturated rings. The van der Waals surface area contributed by atoms with Gasteiger partial charge in [-0.3, -0.25) is 10.1 Å². The number of nitrogens with one attached hydrogen (secondary N) is 1. The monoisotopic (exact) mass is 241 g/mol. The lowest BCUT2D eigenvalue weighted by Gasteiger charge is -2.39. The van der Waals surface area contributed by atoms with E-state index in [1.54, 1.807) is 0 Å². The molecule has 3 heteroatoms. The van der Waals surface area contributed by atoms with Crippen LogP contribution in [0.4, 0.5) is 0 Å². The first kappa shape index (κ1) is 14.5. The first-order chi connectivity index (χ1) is 8.09. The predicted octanol–water partition coefficient (Wildman–Crippen LogP) is 3.19. The summed E-state index contributed by atoms with van der Waals surface area (Å²) in [5.41, 5.74) is -0.713. The fraction of sp³-hybridized carbons (Fsp3) is 0.929. The molecule has 2 N–H and O–H groups in total. The molecule has 0 saturated heterocycles. The van der Waals surface area contributed by atoms with Crippen LogP contribution >= 0.6 is 0 Å². The van der Waals surface area contributed by atoms with Crippen LogP contribution in [0.2, 0.25) is 0 Å². The van der Waals surface area contributed by atoms with Gasteiger partial charge in [0.05, 0.1) is 0 Å². The van der Waals surface area contributed by atoms with E-state index in [9.17, 15) is 9.90 Å². The Kier molecular flexibility index (Phi) is 5.44. The van der Waals surface area contributed by atoms with Crippen LogP contribution in [0.1, 0.15) is 65.7 Å². The molecule has 1 aliphatic rings. The van der Waals surface area contributed by atoms with Crippen molar-refractivity contribution in [1.29, 1.82) is 0 Å². The van der Waals surface area contributed by atoms with Crippen LogP contribution < -0.4 is 5.32 Å². The molecule has 0 aromatic heterocycles. The van der Waals surface area contributed by atoms with E-state index in [1.807, 2.05) is 13.8 Å². The van der Waals surface area contributed by atoms with Crippen molar-refractivity contribution in [3.05, 3.63) is 0 Å². The molecule has 0 aromatic rings. The highest BCUT2D eigenvalue weighted by atomic mass is 16.4. The Morgan fingerprint density at radius 2 is 1.82 bits per heavy atom. The maximum atomic E-state index is 11.5. The van der Waals surface area contributed by atoms with Crippen LogP contribution in [0.5, 0.6) is 0 Å². The molecule has 0 amide bonds. The van der Waals surface area contributed by atoms with Gasteiger partial charge in [0.2, 0.25) is 0 Å². The molecular weight excluding hydrogens is 214 g/mol. The predicted molar refractivity (Wildman–Crippen MR) is 70.1 cm³/mol. The quantitative estimate of drug-likeness (QED) is 0.751. The van der Waals surface area contributed by atoms with Crippen molar-refractivity contribution in [2.24, 2.45) is 5.92 Å². The molecule has 0 aliphatic heterocycles. The summed E-state index contributed by atoms with van der Waals surface area (Å²) in [6.07, 6.45) is 7.38. The summed E-state index contributed by atoms with van der Waals surface area (Å²) in [6.45, 7) is 6.15. The van der Waals surface area contributed by atoms with Gasteiger partial charge in [-0.2, -0.15) is 0 Å². The highest BCUT2D eigenvalue weighted by Crippen LogP contribution is 2.29. The Balaban J connectivity index is 2.74. The van der Waals surface area contributed by atoms with Crippen LogP contribution in [0.15, 0.2) is 0 Å². The highest BCUT2D eigenvalue weighted by molar-refractivity contribution is 5.78. The standard InChI is InChI=1S/C14H27NO2/c1-4-11-9-7-8-10-12(11)15-14(5-2,6-3)13(16)17/h11-12,15H,4-10H2,1-3H3,(H,16,17). The van der Waals surface area contributed by atoms with E-state index >= 15 is 0 Å². The fourth-order valence-electron chi connectivity index (χ4n) is 3.06. The average molecular weight is 241 g/mol. The Labute approximate surface area is 105 Å². The SMILES string of the molecule is CCC1CCCCC1NC(CC)(CC)C(=O)O. The number of carbonyl (C=O) groups is 1. The molecule has 1 aliphatic carbocycles. The summed E-state index contributed by atoms with van der Waals surface area (Å²) in [7, 11) is 0. The van der Waals surface area contributed by atoms with E-state index in [0.29, 0.717) is 24.8 Å². The minimum Gasteiger partial charge on any atom is -0.480 e. The van der Waals surface area contributed by atoms with Gasteiger partial charge in [0.15, 0.2) is 0 Å². The third-order valence-corrected chi connectivity index (χ3v) is 4.51. The minimum atomic E-state index is -0.713. The molecule has 0 heterocycles. The van der Waals surface area contributed by atoms with Crippen LogP contribution in [-0.4, -0.2) is 22.7 Å². The highest BCUT2D eigenvalue weighted by Gasteiger charge is 2.38. The van der Waals surface area contributed by atoms with E-state index in [1.165, 1.54) is 19.3 Å². The Hall–Kier alpha value is -0.570. The number of hydrogen-bond acceptors (Lipinski definition) is 2. The summed E-state index contributed by atoms with van der Waals surface area (Å²) in [5, 5.41) is 12.9. The van der Waals surface area contributed by atoms with Gasteiger partial charge in [-0.25, -0.2) is 0 Å². The molecule has 3 nitrogen and oxygen atoms in total. The van der Waals surface area contributed by atoms with E-state index in [2.05, 4.69) is 12.2 Å². The Morgan fingerprint density at radius 1 is 1.24 bits per heavy atom. The summed E-state index contributed by atoms with van der Waals surface area (Å²) < 4.78 is 0. The molecule has 1 saturated carbocycles. The largest absolute Gasteiger partial charge is 0.480 e. The Bertz CT molecular complexity index is 249. The zero-order valence-corrected chi connectivity index (χ0v) is 11.5. The van der Waals surface area contributed by atoms with Crippen molar-refractivity contribution in [2.75, 3.05) is 0 Å². The molecule has 0 aromatic carbocycles. The lowest BCUT2D eigenvalue weighted by molar-refractivity contribution is -0.146. The van der Waals surface area contributed by atoms with Crippen molar-refractivity contribution >= 4 is 5.97 Å². The zero-order valence-electron chi connectivity index (χ0n) is 11.5. The van der Waals surface area contributed by atoms with Crippen molar-refractivity contribution in [3.63, 3.8) is 0 Å². The van der Waals surface area contributed by atoms with E-state index in [-0.39, 0.29) is 0 Å². The first-order valence-corrected chi connectivity index (χ1v) is 7.10. The molecule has 100 valence electrons. The number of hydrogen-bond donors (Lipinski definition) is 2. The molecule has 0 spiro atoms. The molecular formula is C14H27NO2. The lowest BCUT2D eigenvalue weighted by Crippen LogP contribution is -2.57. The second-order valence-electron chi connectivity index (χ2n) is 5.30. The fourth-order valence-corrected chi connectivity index (χ4v) is 3.06. The third-order valence-electron chi connectivity index (χ3n) is 4.51. The molecule has 17 heavy (non-hydrogen) atoms. The first-order valence-electron chi connectivity index (χ1n) is 7.10. The van der Waals surface area contributed by atoms with Crippen LogP contribution in [0.3, 0.4) is 0 Å². The van der Waals surface area contributed by atoms with E-state index < -0.39 is 11.5 Å². The minimum absolute atomic E-state index is 0.393. The topological polar surface area (TPSA) is 49.3 Å². The second-order valence-corrected chi connectivity index (χ2v) is 5.30. The summed E-state index contributed by atoms with van der Waals surface area (Å²) >= 11 is 0. The van der Waals surface area contributed by atoms with Crippen molar-refractivity contribution in [1.82, 2.24) is 5.32 Å². The Morgan fingerprint density at radius 3 is 2.29 bits per heavy atom. The number of carboxylic acids is 1. The smallest absolute Gasteiger partial charge is 0.323 e. The van der Waals surface area contributed by atoms with Gasteiger partial charge in [0.25, 0.3) is 0 Å². The van der Waals surface area contributed by atoms with Crippen molar-refractivity contribution in [3.8, 4) is 0 Å². The van der Waals surface area contributed by atoms with Gasteiger partial charge in [-0.05, 0) is 31.6 Å². The maximum Gasteiger partial charge on any atom is 0.323 e. The van der Waals surface area contributed by atoms with Crippen molar-refractivity contribution in [2.45, 2.75) is 77.3 Å². The van der Waals surface area contributed by atoms with Gasteiger partial charge >= 0.3 is 5.97 Å². The van der Waals surface area contributed by atoms with Crippen LogP contribution in [0, 0.1) is 5.92 Å². The number of rotatable bonds is 6. The maximum absolute atomic E-state index is 11.5. The van der Waals surface area contributed by atoms with Gasteiger partial charge in [-0.1, -0.05) is 40.0 Å². The lowest BCUT2D eigenvalue weighted by atomic mass is 9.80. The van der Waals surface area contributed by atoms with E-state index in [4.69, 9.17) is 0 Å². The zero-order chi connectivity index (χ0) is 12.9. The normalized spacial score (nSPS) is 25.8. The summed E-state index contributed by atoms with van der Waals surface area (Å²) in [6, 6.07) is 0.393. The van der Waals surface area contributed by atoms with Gasteiger partial charge in [0.1, 0.15) is 5.54 Å². The summed E-state index contributed by atoms with van der Waals surface area (Å²) in [5.74, 6) is -0.0384. The summed E-state index contributed by atoms with van der Waals surface area (Å²) in [4.78, 5) is 11.5. The molecule has 0 radical (unpaired) electrons. The van der Waals surface area contributed by atoms with E-state index in [0.717, 1.165) is 12.8 Å². The molecule has 2 atom stereocenters. The van der Waals surface area contributed by atoms with Gasteiger partial charge in [0, 0.05) is 6.04 Å². The second kappa shape index (κ2) is 6.39. The number of aliphatic carboxylic acids is 1. The third kappa shape index (κ3) is 3.21. The number of carboxylic acid groups (broad SMARTS) is 1.